The van der Waals surface area contributed by atoms with Gasteiger partial charge in [0, 0.05) is 0 Å². The molecule has 3 nitrogen and oxygen atoms in total. The lowest BCUT2D eigenvalue weighted by Crippen LogP contribution is -2.33. The molecule has 0 spiro atoms. The Labute approximate surface area is 139 Å². The van der Waals surface area contributed by atoms with Crippen LogP contribution >= 0.6 is 24.0 Å². The van der Waals surface area contributed by atoms with Gasteiger partial charge in [0.05, 0.1) is 12.1 Å². The van der Waals surface area contributed by atoms with Crippen molar-refractivity contribution < 1.29 is 13.9 Å². The highest BCUT2D eigenvalue weighted by Crippen LogP contribution is 2.25. The van der Waals surface area contributed by atoms with Crippen LogP contribution in [0.15, 0.2) is 42.5 Å². The Morgan fingerprint density at radius 1 is 1.23 bits per heavy atom. The van der Waals surface area contributed by atoms with Crippen molar-refractivity contribution in [1.82, 2.24) is 0 Å². The Morgan fingerprint density at radius 3 is 2.36 bits per heavy atom. The molecule has 0 radical (unpaired) electrons. The van der Waals surface area contributed by atoms with Crippen LogP contribution in [0.2, 0.25) is 5.02 Å². The first-order chi connectivity index (χ1) is 10.0. The van der Waals surface area contributed by atoms with Gasteiger partial charge in [-0.15, -0.1) is 12.4 Å². The van der Waals surface area contributed by atoms with E-state index in [0.29, 0.717) is 6.42 Å². The summed E-state index contributed by atoms with van der Waals surface area (Å²) in [4.78, 5) is 11.3. The van der Waals surface area contributed by atoms with Crippen LogP contribution in [0.1, 0.15) is 5.56 Å². The van der Waals surface area contributed by atoms with Crippen molar-refractivity contribution in [3.63, 3.8) is 0 Å². The van der Waals surface area contributed by atoms with E-state index in [-0.39, 0.29) is 17.4 Å². The maximum atomic E-state index is 13.1. The van der Waals surface area contributed by atoms with Gasteiger partial charge in [-0.1, -0.05) is 41.9 Å². The quantitative estimate of drug-likeness (QED) is 0.862. The van der Waals surface area contributed by atoms with E-state index in [1.54, 1.807) is 12.1 Å². The van der Waals surface area contributed by atoms with Gasteiger partial charge in [0.15, 0.2) is 0 Å². The third-order valence-electron chi connectivity index (χ3n) is 3.17. The van der Waals surface area contributed by atoms with Crippen molar-refractivity contribution in [2.75, 3.05) is 7.11 Å². The zero-order chi connectivity index (χ0) is 15.4. The topological polar surface area (TPSA) is 52.3 Å². The second-order valence-electron chi connectivity index (χ2n) is 4.66. The number of carbonyl (C=O) groups excluding carboxylic acids is 1. The Kier molecular flexibility index (Phi) is 6.81. The molecule has 0 fully saturated rings. The number of hydrogen-bond acceptors (Lipinski definition) is 3. The molecule has 0 aliphatic carbocycles. The first kappa shape index (κ1) is 18.4. The van der Waals surface area contributed by atoms with Crippen LogP contribution in [0.5, 0.6) is 0 Å². The Bertz CT molecular complexity index is 647. The number of benzene rings is 2. The average Bonchev–Trinajstić information content (AvgIpc) is 2.50. The SMILES string of the molecule is COC(=O)[C@@H](N)Cc1ccc(-c2ccc(F)c(Cl)c2)cc1.Cl. The third kappa shape index (κ3) is 4.44. The molecule has 118 valence electrons. The van der Waals surface area contributed by atoms with Crippen molar-refractivity contribution in [3.8, 4) is 11.1 Å². The van der Waals surface area contributed by atoms with Crippen LogP contribution in [-0.2, 0) is 16.0 Å². The third-order valence-corrected chi connectivity index (χ3v) is 3.46. The highest BCUT2D eigenvalue weighted by Gasteiger charge is 2.14. The van der Waals surface area contributed by atoms with Crippen molar-refractivity contribution in [3.05, 3.63) is 58.9 Å². The molecule has 0 aliphatic heterocycles. The number of esters is 1. The minimum atomic E-state index is -0.680. The predicted molar refractivity (Wildman–Crippen MR) is 87.8 cm³/mol. The largest absolute Gasteiger partial charge is 0.468 e. The lowest BCUT2D eigenvalue weighted by Gasteiger charge is -2.10. The standard InChI is InChI=1S/C16H15ClFNO2.ClH/c1-21-16(20)15(19)8-10-2-4-11(5-3-10)12-6-7-14(18)13(17)9-12;/h2-7,9,15H,8,19H2,1H3;1H/t15-;/m0./s1. The van der Waals surface area contributed by atoms with E-state index in [2.05, 4.69) is 4.74 Å². The minimum absolute atomic E-state index is 0. The molecule has 0 bridgehead atoms. The van der Waals surface area contributed by atoms with Crippen LogP contribution in [0.25, 0.3) is 11.1 Å². The van der Waals surface area contributed by atoms with Gasteiger partial charge in [-0.3, -0.25) is 4.79 Å². The zero-order valence-electron chi connectivity index (χ0n) is 11.9. The number of ether oxygens (including phenoxy) is 1. The van der Waals surface area contributed by atoms with Gasteiger partial charge in [-0.05, 0) is 35.2 Å². The average molecular weight is 344 g/mol. The molecular formula is C16H16Cl2FNO2. The van der Waals surface area contributed by atoms with Crippen LogP contribution < -0.4 is 5.73 Å². The lowest BCUT2D eigenvalue weighted by molar-refractivity contribution is -0.142. The fraction of sp³-hybridized carbons (Fsp3) is 0.188. The number of halogens is 3. The van der Waals surface area contributed by atoms with E-state index in [9.17, 15) is 9.18 Å². The first-order valence-corrected chi connectivity index (χ1v) is 6.77. The minimum Gasteiger partial charge on any atom is -0.468 e. The lowest BCUT2D eigenvalue weighted by atomic mass is 10.0. The van der Waals surface area contributed by atoms with E-state index in [4.69, 9.17) is 17.3 Å². The van der Waals surface area contributed by atoms with E-state index < -0.39 is 17.8 Å². The van der Waals surface area contributed by atoms with Crippen molar-refractivity contribution in [2.24, 2.45) is 5.73 Å². The van der Waals surface area contributed by atoms with Gasteiger partial charge in [-0.2, -0.15) is 0 Å². The van der Waals surface area contributed by atoms with E-state index >= 15 is 0 Å². The smallest absolute Gasteiger partial charge is 0.322 e. The van der Waals surface area contributed by atoms with E-state index in [1.807, 2.05) is 24.3 Å². The molecule has 22 heavy (non-hydrogen) atoms. The molecule has 0 heterocycles. The summed E-state index contributed by atoms with van der Waals surface area (Å²) in [5.41, 5.74) is 8.37. The fourth-order valence-corrected chi connectivity index (χ4v) is 2.18. The van der Waals surface area contributed by atoms with Crippen LogP contribution in [0.4, 0.5) is 4.39 Å². The number of nitrogens with two attached hydrogens (primary N) is 1. The van der Waals surface area contributed by atoms with Crippen LogP contribution in [0, 0.1) is 5.82 Å². The number of rotatable bonds is 4. The molecule has 0 saturated carbocycles. The summed E-state index contributed by atoms with van der Waals surface area (Å²) >= 11 is 5.77. The van der Waals surface area contributed by atoms with Gasteiger partial charge in [0.25, 0.3) is 0 Å². The van der Waals surface area contributed by atoms with E-state index in [1.165, 1.54) is 13.2 Å². The molecule has 2 rings (SSSR count). The monoisotopic (exact) mass is 343 g/mol. The van der Waals surface area contributed by atoms with Crippen molar-refractivity contribution in [1.29, 1.82) is 0 Å². The highest BCUT2D eigenvalue weighted by atomic mass is 35.5. The summed E-state index contributed by atoms with van der Waals surface area (Å²) in [6.07, 6.45) is 0.400. The van der Waals surface area contributed by atoms with Gasteiger partial charge in [0.2, 0.25) is 0 Å². The molecule has 2 aromatic rings. The van der Waals surface area contributed by atoms with Gasteiger partial charge < -0.3 is 10.5 Å². The summed E-state index contributed by atoms with van der Waals surface area (Å²) in [6, 6.07) is 11.4. The van der Waals surface area contributed by atoms with Gasteiger partial charge in [-0.25, -0.2) is 4.39 Å². The molecule has 0 aromatic heterocycles. The highest BCUT2D eigenvalue weighted by molar-refractivity contribution is 6.31. The second kappa shape index (κ2) is 8.13. The fourth-order valence-electron chi connectivity index (χ4n) is 2.00. The predicted octanol–water partition coefficient (Wildman–Crippen LogP) is 3.61. The van der Waals surface area contributed by atoms with Crippen LogP contribution in [0.3, 0.4) is 0 Å². The molecule has 6 heteroatoms. The molecule has 0 aliphatic rings. The summed E-state index contributed by atoms with van der Waals surface area (Å²) < 4.78 is 17.7. The molecule has 0 unspecified atom stereocenters. The van der Waals surface area contributed by atoms with E-state index in [0.717, 1.165) is 16.7 Å². The normalized spacial score (nSPS) is 11.5. The Morgan fingerprint density at radius 2 is 1.82 bits per heavy atom. The Balaban J connectivity index is 0.00000242. The summed E-state index contributed by atoms with van der Waals surface area (Å²) in [6.45, 7) is 0. The maximum absolute atomic E-state index is 13.1. The molecule has 0 amide bonds. The number of hydrogen-bond donors (Lipinski definition) is 1. The summed E-state index contributed by atoms with van der Waals surface area (Å²) in [5.74, 6) is -0.884. The molecular weight excluding hydrogens is 328 g/mol. The number of methoxy groups -OCH3 is 1. The first-order valence-electron chi connectivity index (χ1n) is 6.39. The van der Waals surface area contributed by atoms with Crippen molar-refractivity contribution in [2.45, 2.75) is 12.5 Å². The molecule has 2 N–H and O–H groups in total. The maximum Gasteiger partial charge on any atom is 0.322 e. The van der Waals surface area contributed by atoms with Crippen LogP contribution in [-0.4, -0.2) is 19.1 Å². The molecule has 1 atom stereocenters. The summed E-state index contributed by atoms with van der Waals surface area (Å²) in [7, 11) is 1.31. The van der Waals surface area contributed by atoms with Crippen molar-refractivity contribution >= 4 is 30.0 Å². The van der Waals surface area contributed by atoms with Gasteiger partial charge in [0.1, 0.15) is 11.9 Å². The zero-order valence-corrected chi connectivity index (χ0v) is 13.5. The second-order valence-corrected chi connectivity index (χ2v) is 5.07. The molecule has 2 aromatic carbocycles. The van der Waals surface area contributed by atoms with Gasteiger partial charge >= 0.3 is 5.97 Å². The Hall–Kier alpha value is -1.62. The summed E-state index contributed by atoms with van der Waals surface area (Å²) in [5, 5.41) is 0.0873. The number of carbonyl (C=O) groups is 1. The molecule has 0 saturated heterocycles.